The fourth-order valence-corrected chi connectivity index (χ4v) is 1.30. The predicted molar refractivity (Wildman–Crippen MR) is 59.4 cm³/mol. The molecule has 0 atom stereocenters. The molecule has 0 amide bonds. The van der Waals surface area contributed by atoms with E-state index in [0.29, 0.717) is 0 Å². The van der Waals surface area contributed by atoms with Crippen LogP contribution in [0.1, 0.15) is 5.82 Å². The summed E-state index contributed by atoms with van der Waals surface area (Å²) >= 11 is 0. The molecule has 3 aromatic rings. The summed E-state index contributed by atoms with van der Waals surface area (Å²) in [6, 6.07) is 8.01. The highest BCUT2D eigenvalue weighted by molar-refractivity contribution is 5.74. The molecular formula is C11H12N4. The summed E-state index contributed by atoms with van der Waals surface area (Å²) in [5, 5.41) is 0. The number of aromatic amines is 2. The van der Waals surface area contributed by atoms with Crippen LogP contribution in [-0.4, -0.2) is 19.9 Å². The largest absolute Gasteiger partial charge is 0.351 e. The molecular weight excluding hydrogens is 188 g/mol. The van der Waals surface area contributed by atoms with Crippen molar-refractivity contribution in [2.24, 2.45) is 0 Å². The number of benzene rings is 1. The Hall–Kier alpha value is -2.10. The van der Waals surface area contributed by atoms with E-state index in [0.717, 1.165) is 16.9 Å². The first-order valence-electron chi connectivity index (χ1n) is 4.70. The van der Waals surface area contributed by atoms with Crippen molar-refractivity contribution >= 4 is 11.0 Å². The average molecular weight is 200 g/mol. The van der Waals surface area contributed by atoms with Gasteiger partial charge in [-0.25, -0.2) is 9.97 Å². The molecule has 0 aliphatic carbocycles. The van der Waals surface area contributed by atoms with Crippen molar-refractivity contribution in [3.8, 4) is 0 Å². The summed E-state index contributed by atoms with van der Waals surface area (Å²) < 4.78 is 0. The number of para-hydroxylation sites is 2. The summed E-state index contributed by atoms with van der Waals surface area (Å²) in [5.74, 6) is 0.973. The smallest absolute Gasteiger partial charge is 0.104 e. The molecule has 0 spiro atoms. The monoisotopic (exact) mass is 200 g/mol. The molecule has 0 saturated carbocycles. The third-order valence-corrected chi connectivity index (χ3v) is 1.91. The van der Waals surface area contributed by atoms with Crippen molar-refractivity contribution in [3.05, 3.63) is 48.8 Å². The highest BCUT2D eigenvalue weighted by atomic mass is 14.9. The first kappa shape index (κ1) is 9.45. The van der Waals surface area contributed by atoms with Gasteiger partial charge in [0.05, 0.1) is 17.4 Å². The van der Waals surface area contributed by atoms with Gasteiger partial charge in [0.2, 0.25) is 0 Å². The van der Waals surface area contributed by atoms with Gasteiger partial charge in [0.1, 0.15) is 5.82 Å². The quantitative estimate of drug-likeness (QED) is 0.585. The lowest BCUT2D eigenvalue weighted by atomic mass is 10.3. The van der Waals surface area contributed by atoms with E-state index >= 15 is 0 Å². The van der Waals surface area contributed by atoms with E-state index in [-0.39, 0.29) is 0 Å². The number of H-pyrrole nitrogens is 2. The molecule has 76 valence electrons. The van der Waals surface area contributed by atoms with Gasteiger partial charge in [-0.1, -0.05) is 12.1 Å². The Labute approximate surface area is 87.4 Å². The van der Waals surface area contributed by atoms with Crippen molar-refractivity contribution in [1.29, 1.82) is 0 Å². The van der Waals surface area contributed by atoms with Crippen LogP contribution in [0, 0.1) is 6.92 Å². The van der Waals surface area contributed by atoms with Crippen LogP contribution in [0.2, 0.25) is 0 Å². The molecule has 2 heterocycles. The highest BCUT2D eigenvalue weighted by Crippen LogP contribution is 2.08. The molecule has 0 fully saturated rings. The van der Waals surface area contributed by atoms with Crippen molar-refractivity contribution in [1.82, 2.24) is 19.9 Å². The number of imidazole rings is 2. The molecule has 3 rings (SSSR count). The molecule has 2 aromatic heterocycles. The molecule has 0 saturated heterocycles. The van der Waals surface area contributed by atoms with Gasteiger partial charge in [-0.15, -0.1) is 0 Å². The minimum atomic E-state index is 0.973. The van der Waals surface area contributed by atoms with Gasteiger partial charge in [0, 0.05) is 12.4 Å². The Kier molecular flexibility index (Phi) is 2.78. The fourth-order valence-electron chi connectivity index (χ4n) is 1.30. The second kappa shape index (κ2) is 4.41. The molecule has 0 unspecified atom stereocenters. The lowest BCUT2D eigenvalue weighted by molar-refractivity contribution is 1.17. The van der Waals surface area contributed by atoms with Crippen molar-refractivity contribution in [2.45, 2.75) is 6.92 Å². The van der Waals surface area contributed by atoms with Crippen molar-refractivity contribution < 1.29 is 0 Å². The van der Waals surface area contributed by atoms with Crippen LogP contribution in [-0.2, 0) is 0 Å². The summed E-state index contributed by atoms with van der Waals surface area (Å²) in [6.45, 7) is 1.96. The third-order valence-electron chi connectivity index (χ3n) is 1.91. The molecule has 4 nitrogen and oxygen atoms in total. The summed E-state index contributed by atoms with van der Waals surface area (Å²) in [6.07, 6.45) is 5.08. The Morgan fingerprint density at radius 1 is 1.20 bits per heavy atom. The first-order chi connectivity index (χ1) is 7.36. The summed E-state index contributed by atoms with van der Waals surface area (Å²) in [4.78, 5) is 13.8. The maximum absolute atomic E-state index is 4.26. The van der Waals surface area contributed by atoms with Gasteiger partial charge < -0.3 is 9.97 Å². The van der Waals surface area contributed by atoms with E-state index in [1.54, 1.807) is 18.7 Å². The standard InChI is InChI=1S/C8H8N2.C3H4N2/c1-6-9-7-4-2-3-5-8(7)10-6;1-2-5-3-4-1/h2-5H,1H3,(H,9,10);1-3H,(H,4,5). The Bertz CT molecular complexity index is 460. The minimum Gasteiger partial charge on any atom is -0.351 e. The van der Waals surface area contributed by atoms with Gasteiger partial charge in [-0.3, -0.25) is 0 Å². The number of hydrogen-bond acceptors (Lipinski definition) is 2. The number of nitrogens with zero attached hydrogens (tertiary/aromatic N) is 2. The number of fused-ring (bicyclic) bond motifs is 1. The van der Waals surface area contributed by atoms with Gasteiger partial charge in [0.25, 0.3) is 0 Å². The molecule has 15 heavy (non-hydrogen) atoms. The topological polar surface area (TPSA) is 57.4 Å². The van der Waals surface area contributed by atoms with Gasteiger partial charge >= 0.3 is 0 Å². The van der Waals surface area contributed by atoms with Crippen molar-refractivity contribution in [3.63, 3.8) is 0 Å². The second-order valence-corrected chi connectivity index (χ2v) is 3.10. The van der Waals surface area contributed by atoms with Gasteiger partial charge in [0.15, 0.2) is 0 Å². The van der Waals surface area contributed by atoms with Crippen LogP contribution in [0.3, 0.4) is 0 Å². The summed E-state index contributed by atoms with van der Waals surface area (Å²) in [7, 11) is 0. The van der Waals surface area contributed by atoms with Crippen LogP contribution < -0.4 is 0 Å². The molecule has 4 heteroatoms. The zero-order valence-corrected chi connectivity index (χ0v) is 8.44. The Balaban J connectivity index is 0.000000144. The van der Waals surface area contributed by atoms with Crippen LogP contribution >= 0.6 is 0 Å². The molecule has 0 aliphatic heterocycles. The maximum atomic E-state index is 4.26. The van der Waals surface area contributed by atoms with E-state index < -0.39 is 0 Å². The fraction of sp³-hybridized carbons (Fsp3) is 0.0909. The predicted octanol–water partition coefficient (Wildman–Crippen LogP) is 2.28. The van der Waals surface area contributed by atoms with Crippen LogP contribution in [0.5, 0.6) is 0 Å². The number of aryl methyl sites for hydroxylation is 1. The normalized spacial score (nSPS) is 9.67. The number of aromatic nitrogens is 4. The van der Waals surface area contributed by atoms with E-state index in [1.165, 1.54) is 0 Å². The number of nitrogens with one attached hydrogen (secondary N) is 2. The highest BCUT2D eigenvalue weighted by Gasteiger charge is 1.93. The maximum Gasteiger partial charge on any atom is 0.104 e. The Morgan fingerprint density at radius 2 is 2.07 bits per heavy atom. The van der Waals surface area contributed by atoms with E-state index in [1.807, 2.05) is 31.2 Å². The first-order valence-corrected chi connectivity index (χ1v) is 4.70. The lowest BCUT2D eigenvalue weighted by Gasteiger charge is -1.81. The van der Waals surface area contributed by atoms with Gasteiger partial charge in [-0.05, 0) is 19.1 Å². The minimum absolute atomic E-state index is 0.973. The zero-order chi connectivity index (χ0) is 10.5. The summed E-state index contributed by atoms with van der Waals surface area (Å²) in [5.41, 5.74) is 2.15. The van der Waals surface area contributed by atoms with E-state index in [4.69, 9.17) is 0 Å². The average Bonchev–Trinajstić information content (AvgIpc) is 2.87. The van der Waals surface area contributed by atoms with Crippen LogP contribution in [0.15, 0.2) is 43.0 Å². The lowest BCUT2D eigenvalue weighted by Crippen LogP contribution is -1.68. The molecule has 1 aromatic carbocycles. The van der Waals surface area contributed by atoms with Crippen molar-refractivity contribution in [2.75, 3.05) is 0 Å². The van der Waals surface area contributed by atoms with Gasteiger partial charge in [-0.2, -0.15) is 0 Å². The second-order valence-electron chi connectivity index (χ2n) is 3.10. The Morgan fingerprint density at radius 3 is 2.67 bits per heavy atom. The number of hydrogen-bond donors (Lipinski definition) is 2. The molecule has 2 N–H and O–H groups in total. The zero-order valence-electron chi connectivity index (χ0n) is 8.44. The molecule has 0 aliphatic rings. The van der Waals surface area contributed by atoms with Crippen LogP contribution in [0.4, 0.5) is 0 Å². The third kappa shape index (κ3) is 2.43. The SMILES string of the molecule is Cc1nc2ccccc2[nH]1.c1c[nH]cn1. The van der Waals surface area contributed by atoms with E-state index in [9.17, 15) is 0 Å². The van der Waals surface area contributed by atoms with Crippen LogP contribution in [0.25, 0.3) is 11.0 Å². The molecule has 0 radical (unpaired) electrons. The van der Waals surface area contributed by atoms with E-state index in [2.05, 4.69) is 19.9 Å². The molecule has 0 bridgehead atoms. The number of rotatable bonds is 0.